The van der Waals surface area contributed by atoms with Gasteiger partial charge in [-0.2, -0.15) is 0 Å². The minimum absolute atomic E-state index is 0.226. The maximum Gasteiger partial charge on any atom is 0.333 e. The number of carbonyl (C=O) groups is 2. The largest absolute Gasteiger partial charge is 0.488 e. The van der Waals surface area contributed by atoms with E-state index in [1.807, 2.05) is 49.4 Å². The van der Waals surface area contributed by atoms with E-state index in [0.29, 0.717) is 18.0 Å². The number of amides is 3. The number of hydrogen-bond acceptors (Lipinski definition) is 3. The molecule has 30 heavy (non-hydrogen) atoms. The zero-order chi connectivity index (χ0) is 21.1. The highest BCUT2D eigenvalue weighted by atomic mass is 79.9. The van der Waals surface area contributed by atoms with Crippen LogP contribution in [0.15, 0.2) is 83.0 Å². The number of anilines is 1. The summed E-state index contributed by atoms with van der Waals surface area (Å²) in [4.78, 5) is 26.1. The monoisotopic (exact) mass is 462 g/mol. The molecule has 1 aliphatic heterocycles. The van der Waals surface area contributed by atoms with Crippen LogP contribution in [-0.2, 0) is 11.4 Å². The van der Waals surface area contributed by atoms with E-state index in [1.165, 1.54) is 5.56 Å². The van der Waals surface area contributed by atoms with Crippen molar-refractivity contribution in [1.29, 1.82) is 0 Å². The molecule has 6 heteroatoms. The van der Waals surface area contributed by atoms with Crippen molar-refractivity contribution >= 4 is 39.6 Å². The average Bonchev–Trinajstić information content (AvgIpc) is 3.01. The van der Waals surface area contributed by atoms with Gasteiger partial charge in [-0.05, 0) is 64.3 Å². The fraction of sp³-hybridized carbons (Fsp3) is 0.0833. The van der Waals surface area contributed by atoms with Crippen LogP contribution < -0.4 is 15.0 Å². The summed E-state index contributed by atoms with van der Waals surface area (Å²) >= 11 is 3.52. The summed E-state index contributed by atoms with van der Waals surface area (Å²) in [5.41, 5.74) is 3.80. The van der Waals surface area contributed by atoms with Gasteiger partial charge in [0.25, 0.3) is 5.91 Å². The molecule has 1 fully saturated rings. The first kappa shape index (κ1) is 19.9. The standard InChI is InChI=1S/C24H19BrN2O3/c1-16-6-5-7-18(12-16)15-30-22-11-10-17(13-20(22)25)14-21-23(28)27(24(29)26-21)19-8-3-2-4-9-19/h2-14H,15H2,1H3,(H,26,29)/b21-14+. The lowest BCUT2D eigenvalue weighted by atomic mass is 10.1. The van der Waals surface area contributed by atoms with Crippen molar-refractivity contribution in [3.63, 3.8) is 0 Å². The van der Waals surface area contributed by atoms with Gasteiger partial charge in [0, 0.05) is 0 Å². The second-order valence-corrected chi connectivity index (χ2v) is 7.79. The fourth-order valence-corrected chi connectivity index (χ4v) is 3.71. The summed E-state index contributed by atoms with van der Waals surface area (Å²) in [5, 5.41) is 2.64. The maximum atomic E-state index is 12.7. The van der Waals surface area contributed by atoms with E-state index in [1.54, 1.807) is 30.3 Å². The van der Waals surface area contributed by atoms with Crippen molar-refractivity contribution in [1.82, 2.24) is 5.32 Å². The molecule has 0 aromatic heterocycles. The second kappa shape index (κ2) is 8.55. The van der Waals surface area contributed by atoms with Crippen LogP contribution in [0.2, 0.25) is 0 Å². The molecule has 0 spiro atoms. The smallest absolute Gasteiger partial charge is 0.333 e. The molecule has 4 rings (SSSR count). The molecule has 1 saturated heterocycles. The summed E-state index contributed by atoms with van der Waals surface area (Å²) in [6, 6.07) is 22.1. The third-order valence-corrected chi connectivity index (χ3v) is 5.26. The number of rotatable bonds is 5. The van der Waals surface area contributed by atoms with Crippen molar-refractivity contribution in [2.24, 2.45) is 0 Å². The van der Waals surface area contributed by atoms with Crippen LogP contribution in [-0.4, -0.2) is 11.9 Å². The van der Waals surface area contributed by atoms with Gasteiger partial charge in [-0.15, -0.1) is 0 Å². The lowest BCUT2D eigenvalue weighted by Crippen LogP contribution is -2.30. The van der Waals surface area contributed by atoms with E-state index >= 15 is 0 Å². The molecule has 150 valence electrons. The third kappa shape index (κ3) is 4.28. The number of ether oxygens (including phenoxy) is 1. The lowest BCUT2D eigenvalue weighted by Gasteiger charge is -2.11. The first-order chi connectivity index (χ1) is 14.5. The number of benzene rings is 3. The number of halogens is 1. The predicted molar refractivity (Wildman–Crippen MR) is 120 cm³/mol. The molecule has 0 aliphatic carbocycles. The molecule has 0 bridgehead atoms. The van der Waals surface area contributed by atoms with Crippen LogP contribution in [0.5, 0.6) is 5.75 Å². The summed E-state index contributed by atoms with van der Waals surface area (Å²) < 4.78 is 6.67. The average molecular weight is 463 g/mol. The molecule has 0 unspecified atom stereocenters. The Bertz CT molecular complexity index is 1140. The van der Waals surface area contributed by atoms with E-state index in [-0.39, 0.29) is 11.6 Å². The van der Waals surface area contributed by atoms with Crippen LogP contribution in [0.3, 0.4) is 0 Å². The quantitative estimate of drug-likeness (QED) is 0.405. The first-order valence-electron chi connectivity index (χ1n) is 9.41. The highest BCUT2D eigenvalue weighted by Crippen LogP contribution is 2.29. The van der Waals surface area contributed by atoms with Crippen molar-refractivity contribution in [2.75, 3.05) is 4.90 Å². The fourth-order valence-electron chi connectivity index (χ4n) is 3.20. The van der Waals surface area contributed by atoms with Gasteiger partial charge in [-0.25, -0.2) is 9.69 Å². The van der Waals surface area contributed by atoms with E-state index < -0.39 is 6.03 Å². The Balaban J connectivity index is 1.50. The van der Waals surface area contributed by atoms with Crippen molar-refractivity contribution in [2.45, 2.75) is 13.5 Å². The molecule has 3 aromatic carbocycles. The Morgan fingerprint density at radius 2 is 1.80 bits per heavy atom. The Kier molecular flexibility index (Phi) is 5.68. The normalized spacial score (nSPS) is 14.9. The van der Waals surface area contributed by atoms with E-state index in [2.05, 4.69) is 27.3 Å². The highest BCUT2D eigenvalue weighted by Gasteiger charge is 2.34. The van der Waals surface area contributed by atoms with Crippen molar-refractivity contribution in [3.8, 4) is 5.75 Å². The van der Waals surface area contributed by atoms with Gasteiger partial charge in [-0.3, -0.25) is 4.79 Å². The number of para-hydroxylation sites is 1. The molecule has 1 heterocycles. The van der Waals surface area contributed by atoms with Gasteiger partial charge < -0.3 is 10.1 Å². The van der Waals surface area contributed by atoms with Crippen LogP contribution in [0.4, 0.5) is 10.5 Å². The SMILES string of the molecule is Cc1cccc(COc2ccc(/C=C3/NC(=O)N(c4ccccc4)C3=O)cc2Br)c1. The van der Waals surface area contributed by atoms with Crippen LogP contribution >= 0.6 is 15.9 Å². The van der Waals surface area contributed by atoms with Crippen LogP contribution in [0, 0.1) is 6.92 Å². The Hall–Kier alpha value is -3.38. The lowest BCUT2D eigenvalue weighted by molar-refractivity contribution is -0.113. The summed E-state index contributed by atoms with van der Waals surface area (Å²) in [7, 11) is 0. The van der Waals surface area contributed by atoms with Crippen LogP contribution in [0.25, 0.3) is 6.08 Å². The van der Waals surface area contributed by atoms with E-state index in [9.17, 15) is 9.59 Å². The molecule has 3 aromatic rings. The van der Waals surface area contributed by atoms with Crippen LogP contribution in [0.1, 0.15) is 16.7 Å². The van der Waals surface area contributed by atoms with Gasteiger partial charge >= 0.3 is 6.03 Å². The maximum absolute atomic E-state index is 12.7. The Morgan fingerprint density at radius 3 is 2.53 bits per heavy atom. The first-order valence-corrected chi connectivity index (χ1v) is 10.2. The third-order valence-electron chi connectivity index (χ3n) is 4.64. The van der Waals surface area contributed by atoms with Gasteiger partial charge in [0.15, 0.2) is 0 Å². The molecule has 3 amide bonds. The zero-order valence-electron chi connectivity index (χ0n) is 16.3. The van der Waals surface area contributed by atoms with E-state index in [4.69, 9.17) is 4.74 Å². The number of urea groups is 1. The molecular weight excluding hydrogens is 444 g/mol. The second-order valence-electron chi connectivity index (χ2n) is 6.93. The summed E-state index contributed by atoms with van der Waals surface area (Å²) in [6.07, 6.45) is 1.65. The molecule has 5 nitrogen and oxygen atoms in total. The highest BCUT2D eigenvalue weighted by molar-refractivity contribution is 9.10. The topological polar surface area (TPSA) is 58.6 Å². The number of hydrogen-bond donors (Lipinski definition) is 1. The molecule has 0 radical (unpaired) electrons. The number of aryl methyl sites for hydroxylation is 1. The number of imide groups is 1. The Labute approximate surface area is 183 Å². The Morgan fingerprint density at radius 1 is 1.00 bits per heavy atom. The van der Waals surface area contributed by atoms with Crippen molar-refractivity contribution in [3.05, 3.63) is 99.7 Å². The molecule has 0 saturated carbocycles. The number of nitrogens with zero attached hydrogens (tertiary/aromatic N) is 1. The zero-order valence-corrected chi connectivity index (χ0v) is 17.8. The summed E-state index contributed by atoms with van der Waals surface area (Å²) in [6.45, 7) is 2.50. The summed E-state index contributed by atoms with van der Waals surface area (Å²) in [5.74, 6) is 0.313. The van der Waals surface area contributed by atoms with Gasteiger partial charge in [0.1, 0.15) is 18.1 Å². The number of carbonyl (C=O) groups excluding carboxylic acids is 2. The van der Waals surface area contributed by atoms with Crippen molar-refractivity contribution < 1.29 is 14.3 Å². The number of nitrogens with one attached hydrogen (secondary N) is 1. The van der Waals surface area contributed by atoms with Gasteiger partial charge in [0.2, 0.25) is 0 Å². The molecule has 1 aliphatic rings. The molecular formula is C24H19BrN2O3. The molecule has 1 N–H and O–H groups in total. The van der Waals surface area contributed by atoms with Gasteiger partial charge in [-0.1, -0.05) is 54.1 Å². The predicted octanol–water partition coefficient (Wildman–Crippen LogP) is 5.43. The van der Waals surface area contributed by atoms with E-state index in [0.717, 1.165) is 20.5 Å². The minimum atomic E-state index is -0.463. The molecule has 0 atom stereocenters. The van der Waals surface area contributed by atoms with Gasteiger partial charge in [0.05, 0.1) is 10.2 Å². The minimum Gasteiger partial charge on any atom is -0.488 e.